The smallest absolute Gasteiger partial charge is 0.265 e. The lowest BCUT2D eigenvalue weighted by Gasteiger charge is -2.29. The lowest BCUT2D eigenvalue weighted by atomic mass is 10.2. The van der Waals surface area contributed by atoms with Crippen LogP contribution in [-0.2, 0) is 9.59 Å². The van der Waals surface area contributed by atoms with Gasteiger partial charge in [-0.05, 0) is 24.3 Å². The van der Waals surface area contributed by atoms with Crippen LogP contribution in [0.3, 0.4) is 0 Å². The molecule has 2 amide bonds. The summed E-state index contributed by atoms with van der Waals surface area (Å²) in [5.74, 6) is 0.719. The van der Waals surface area contributed by atoms with Crippen LogP contribution in [0.5, 0.6) is 11.5 Å². The molecule has 1 aliphatic heterocycles. The molecule has 2 aromatic rings. The number of carbonyl (C=O) groups is 2. The molecule has 6 nitrogen and oxygen atoms in total. The molecule has 25 heavy (non-hydrogen) atoms. The molecular weight excluding hydrogens is 344 g/mol. The number of rotatable bonds is 6. The second kappa shape index (κ2) is 7.90. The average molecular weight is 361 g/mol. The molecule has 0 fully saturated rings. The van der Waals surface area contributed by atoms with Gasteiger partial charge in [0.05, 0.1) is 12.2 Å². The first kappa shape index (κ1) is 17.1. The van der Waals surface area contributed by atoms with Gasteiger partial charge in [0.2, 0.25) is 5.91 Å². The quantitative estimate of drug-likeness (QED) is 0.804. The number of fused-ring (bicyclic) bond motifs is 1. The number of anilines is 2. The number of para-hydroxylation sites is 1. The van der Waals surface area contributed by atoms with Crippen molar-refractivity contribution >= 4 is 34.8 Å². The third kappa shape index (κ3) is 4.22. The molecular formula is C18H17ClN2O4. The van der Waals surface area contributed by atoms with Crippen LogP contribution in [-0.4, -0.2) is 37.5 Å². The van der Waals surface area contributed by atoms with Crippen LogP contribution in [0.4, 0.5) is 11.4 Å². The number of amides is 2. The minimum atomic E-state index is -0.304. The normalized spacial score (nSPS) is 13.0. The molecule has 0 unspecified atom stereocenters. The van der Waals surface area contributed by atoms with Crippen LogP contribution >= 0.6 is 11.6 Å². The molecule has 0 aromatic heterocycles. The van der Waals surface area contributed by atoms with Gasteiger partial charge in [-0.3, -0.25) is 9.59 Å². The highest BCUT2D eigenvalue weighted by Gasteiger charge is 2.25. The van der Waals surface area contributed by atoms with Crippen molar-refractivity contribution in [3.63, 3.8) is 0 Å². The molecule has 0 spiro atoms. The van der Waals surface area contributed by atoms with Gasteiger partial charge in [0.1, 0.15) is 24.0 Å². The first-order valence-corrected chi connectivity index (χ1v) is 8.31. The Hall–Kier alpha value is -2.73. The van der Waals surface area contributed by atoms with E-state index >= 15 is 0 Å². The van der Waals surface area contributed by atoms with Crippen LogP contribution in [0.25, 0.3) is 0 Å². The predicted octanol–water partition coefficient (Wildman–Crippen LogP) is 2.67. The van der Waals surface area contributed by atoms with E-state index in [0.29, 0.717) is 30.3 Å². The molecule has 0 bridgehead atoms. The number of nitrogens with zero attached hydrogens (tertiary/aromatic N) is 1. The zero-order chi connectivity index (χ0) is 17.6. The molecule has 0 atom stereocenters. The van der Waals surface area contributed by atoms with Gasteiger partial charge < -0.3 is 19.7 Å². The molecule has 1 heterocycles. The van der Waals surface area contributed by atoms with Gasteiger partial charge in [-0.15, -0.1) is 11.6 Å². The van der Waals surface area contributed by atoms with E-state index in [9.17, 15) is 9.59 Å². The molecule has 0 aliphatic carbocycles. The summed E-state index contributed by atoms with van der Waals surface area (Å²) in [7, 11) is 0. The first-order chi connectivity index (χ1) is 12.2. The zero-order valence-corrected chi connectivity index (χ0v) is 14.2. The topological polar surface area (TPSA) is 67.9 Å². The first-order valence-electron chi connectivity index (χ1n) is 7.78. The number of halogens is 1. The zero-order valence-electron chi connectivity index (χ0n) is 13.4. The maximum Gasteiger partial charge on any atom is 0.265 e. The van der Waals surface area contributed by atoms with Gasteiger partial charge in [-0.25, -0.2) is 0 Å². The molecule has 0 radical (unpaired) electrons. The highest BCUT2D eigenvalue weighted by molar-refractivity contribution is 6.29. The lowest BCUT2D eigenvalue weighted by molar-refractivity contribution is -0.121. The molecule has 130 valence electrons. The van der Waals surface area contributed by atoms with Crippen LogP contribution < -0.4 is 19.7 Å². The number of nitrogens with one attached hydrogen (secondary N) is 1. The van der Waals surface area contributed by atoms with Crippen molar-refractivity contribution in [2.75, 3.05) is 35.9 Å². The van der Waals surface area contributed by atoms with E-state index in [2.05, 4.69) is 5.32 Å². The Morgan fingerprint density at radius 1 is 1.24 bits per heavy atom. The summed E-state index contributed by atoms with van der Waals surface area (Å²) in [4.78, 5) is 25.2. The molecule has 0 saturated carbocycles. The fraction of sp³-hybridized carbons (Fsp3) is 0.222. The summed E-state index contributed by atoms with van der Waals surface area (Å²) in [6, 6.07) is 14.5. The summed E-state index contributed by atoms with van der Waals surface area (Å²) in [6.45, 7) is 0.711. The van der Waals surface area contributed by atoms with E-state index in [0.717, 1.165) is 5.75 Å². The van der Waals surface area contributed by atoms with E-state index < -0.39 is 0 Å². The van der Waals surface area contributed by atoms with Crippen molar-refractivity contribution in [3.05, 3.63) is 48.5 Å². The van der Waals surface area contributed by atoms with E-state index in [1.165, 1.54) is 0 Å². The number of hydrogen-bond donors (Lipinski definition) is 1. The largest absolute Gasteiger partial charge is 0.492 e. The van der Waals surface area contributed by atoms with Gasteiger partial charge in [-0.2, -0.15) is 0 Å². The Morgan fingerprint density at radius 3 is 2.80 bits per heavy atom. The van der Waals surface area contributed by atoms with Crippen molar-refractivity contribution in [1.29, 1.82) is 0 Å². The summed E-state index contributed by atoms with van der Waals surface area (Å²) in [5, 5.41) is 2.65. The van der Waals surface area contributed by atoms with Crippen LogP contribution in [0.15, 0.2) is 48.5 Å². The van der Waals surface area contributed by atoms with Crippen molar-refractivity contribution in [3.8, 4) is 11.5 Å². The van der Waals surface area contributed by atoms with E-state index in [-0.39, 0.29) is 24.3 Å². The Morgan fingerprint density at radius 2 is 2.04 bits per heavy atom. The van der Waals surface area contributed by atoms with E-state index in [4.69, 9.17) is 21.1 Å². The molecule has 2 aromatic carbocycles. The minimum Gasteiger partial charge on any atom is -0.492 e. The number of alkyl halides is 1. The second-order valence-electron chi connectivity index (χ2n) is 5.36. The minimum absolute atomic E-state index is 0.0504. The van der Waals surface area contributed by atoms with Gasteiger partial charge in [0.15, 0.2) is 6.61 Å². The standard InChI is InChI=1S/C18H17ClN2O4/c19-11-17(22)20-13-6-7-15-16(10-13)25-12-18(23)21(15)8-9-24-14-4-2-1-3-5-14/h1-7,10H,8-9,11-12H2,(H,20,22). The number of benzene rings is 2. The summed E-state index contributed by atoms with van der Waals surface area (Å²) in [6.07, 6.45) is 0. The summed E-state index contributed by atoms with van der Waals surface area (Å²) in [5.41, 5.74) is 1.22. The Balaban J connectivity index is 1.69. The third-order valence-corrected chi connectivity index (χ3v) is 3.88. The number of ether oxygens (including phenoxy) is 2. The Labute approximate surface area is 150 Å². The van der Waals surface area contributed by atoms with Crippen molar-refractivity contribution in [1.82, 2.24) is 0 Å². The van der Waals surface area contributed by atoms with Crippen LogP contribution in [0.1, 0.15) is 0 Å². The molecule has 0 saturated heterocycles. The highest BCUT2D eigenvalue weighted by atomic mass is 35.5. The van der Waals surface area contributed by atoms with E-state index in [1.807, 2.05) is 30.3 Å². The highest BCUT2D eigenvalue weighted by Crippen LogP contribution is 2.34. The van der Waals surface area contributed by atoms with Gasteiger partial charge >= 0.3 is 0 Å². The maximum absolute atomic E-state index is 12.2. The summed E-state index contributed by atoms with van der Waals surface area (Å²) >= 11 is 5.49. The van der Waals surface area contributed by atoms with Crippen molar-refractivity contribution < 1.29 is 19.1 Å². The average Bonchev–Trinajstić information content (AvgIpc) is 2.64. The van der Waals surface area contributed by atoms with Gasteiger partial charge in [0, 0.05) is 11.8 Å². The monoisotopic (exact) mass is 360 g/mol. The van der Waals surface area contributed by atoms with Crippen LogP contribution in [0.2, 0.25) is 0 Å². The van der Waals surface area contributed by atoms with E-state index in [1.54, 1.807) is 23.1 Å². The van der Waals surface area contributed by atoms with Crippen molar-refractivity contribution in [2.24, 2.45) is 0 Å². The second-order valence-corrected chi connectivity index (χ2v) is 5.63. The van der Waals surface area contributed by atoms with Crippen LogP contribution in [0, 0.1) is 0 Å². The Bertz CT molecular complexity index is 767. The number of hydrogen-bond acceptors (Lipinski definition) is 4. The van der Waals surface area contributed by atoms with Gasteiger partial charge in [0.25, 0.3) is 5.91 Å². The fourth-order valence-corrected chi connectivity index (χ4v) is 2.56. The molecule has 3 rings (SSSR count). The molecule has 1 aliphatic rings. The summed E-state index contributed by atoms with van der Waals surface area (Å²) < 4.78 is 11.1. The van der Waals surface area contributed by atoms with Gasteiger partial charge in [-0.1, -0.05) is 18.2 Å². The Kier molecular flexibility index (Phi) is 5.40. The predicted molar refractivity (Wildman–Crippen MR) is 95.6 cm³/mol. The third-order valence-electron chi connectivity index (χ3n) is 3.63. The fourth-order valence-electron chi connectivity index (χ4n) is 2.49. The SMILES string of the molecule is O=C(CCl)Nc1ccc2c(c1)OCC(=O)N2CCOc1ccccc1. The molecule has 1 N–H and O–H groups in total. The van der Waals surface area contributed by atoms with Crippen molar-refractivity contribution in [2.45, 2.75) is 0 Å². The maximum atomic E-state index is 12.2. The molecule has 7 heteroatoms. The number of carbonyl (C=O) groups excluding carboxylic acids is 2. The lowest BCUT2D eigenvalue weighted by Crippen LogP contribution is -2.41.